The predicted octanol–water partition coefficient (Wildman–Crippen LogP) is 2.93. The fourth-order valence-electron chi connectivity index (χ4n) is 4.27. The minimum absolute atomic E-state index is 0.221. The molecule has 0 heterocycles. The van der Waals surface area contributed by atoms with Crippen LogP contribution in [0.2, 0.25) is 0 Å². The Hall–Kier alpha value is -1.54. The largest absolute Gasteiger partial charge is 0.449 e. The third-order valence-corrected chi connectivity index (χ3v) is 6.16. The average Bonchev–Trinajstić information content (AvgIpc) is 2.69. The van der Waals surface area contributed by atoms with Crippen molar-refractivity contribution in [2.45, 2.75) is 101 Å². The molecule has 2 aliphatic carbocycles. The highest BCUT2D eigenvalue weighted by Crippen LogP contribution is 2.20. The molecule has 0 aliphatic heterocycles. The van der Waals surface area contributed by atoms with E-state index in [1.807, 2.05) is 0 Å². The van der Waals surface area contributed by atoms with Crippen LogP contribution >= 0.6 is 0 Å². The zero-order valence-corrected chi connectivity index (χ0v) is 17.8. The number of alkyl carbamates (subject to hydrolysis) is 2. The second-order valence-electron chi connectivity index (χ2n) is 8.63. The van der Waals surface area contributed by atoms with Gasteiger partial charge >= 0.3 is 12.2 Å². The molecule has 0 bridgehead atoms. The molecule has 168 valence electrons. The molecule has 0 aromatic heterocycles. The van der Waals surface area contributed by atoms with Crippen LogP contribution in [-0.4, -0.2) is 49.6 Å². The number of ether oxygens (including phenoxy) is 2. The van der Waals surface area contributed by atoms with Crippen LogP contribution in [0.4, 0.5) is 9.59 Å². The van der Waals surface area contributed by atoms with Crippen LogP contribution < -0.4 is 22.1 Å². The zero-order valence-electron chi connectivity index (χ0n) is 17.8. The summed E-state index contributed by atoms with van der Waals surface area (Å²) in [6, 6.07) is 0.443. The molecule has 0 radical (unpaired) electrons. The van der Waals surface area contributed by atoms with Gasteiger partial charge in [-0.2, -0.15) is 0 Å². The van der Waals surface area contributed by atoms with Crippen molar-refractivity contribution in [3.63, 3.8) is 0 Å². The van der Waals surface area contributed by atoms with Gasteiger partial charge in [0.2, 0.25) is 0 Å². The smallest absolute Gasteiger partial charge is 0.407 e. The van der Waals surface area contributed by atoms with Gasteiger partial charge in [-0.05, 0) is 51.5 Å². The highest BCUT2D eigenvalue weighted by atomic mass is 16.6. The normalized spacial score (nSPS) is 18.8. The third kappa shape index (κ3) is 9.67. The number of carbonyl (C=O) groups is 2. The van der Waals surface area contributed by atoms with Gasteiger partial charge in [0.15, 0.2) is 0 Å². The standard InChI is InChI=1S/C21H40N4O4/c22-14-11-21(23,12-15-28-19(26)24-17-7-3-1-4-8-17)13-16-29-20(27)25-18-9-5-2-6-10-18/h17-18H,1-16,22-23H2,(H,24,26)(H,25,27). The Kier molecular flexibility index (Phi) is 10.6. The fraction of sp³-hybridized carbons (Fsp3) is 0.905. The Labute approximate surface area is 174 Å². The van der Waals surface area contributed by atoms with E-state index in [1.165, 1.54) is 12.8 Å². The van der Waals surface area contributed by atoms with Crippen LogP contribution in [0.15, 0.2) is 0 Å². The molecule has 2 rings (SSSR count). The van der Waals surface area contributed by atoms with Crippen LogP contribution in [0.25, 0.3) is 0 Å². The van der Waals surface area contributed by atoms with E-state index >= 15 is 0 Å². The minimum Gasteiger partial charge on any atom is -0.449 e. The van der Waals surface area contributed by atoms with Crippen molar-refractivity contribution < 1.29 is 19.1 Å². The van der Waals surface area contributed by atoms with Gasteiger partial charge in [0.05, 0.1) is 13.2 Å². The lowest BCUT2D eigenvalue weighted by molar-refractivity contribution is 0.111. The van der Waals surface area contributed by atoms with E-state index in [0.717, 1.165) is 51.4 Å². The summed E-state index contributed by atoms with van der Waals surface area (Å²) in [7, 11) is 0. The number of nitrogens with two attached hydrogens (primary N) is 2. The molecule has 6 N–H and O–H groups in total. The number of carbonyl (C=O) groups excluding carboxylic acids is 2. The quantitative estimate of drug-likeness (QED) is 0.437. The molecule has 0 aromatic rings. The number of nitrogens with one attached hydrogen (secondary N) is 2. The topological polar surface area (TPSA) is 129 Å². The Morgan fingerprint density at radius 2 is 1.17 bits per heavy atom. The lowest BCUT2D eigenvalue weighted by Gasteiger charge is -2.29. The molecule has 8 heteroatoms. The summed E-state index contributed by atoms with van der Waals surface area (Å²) in [6.07, 6.45) is 11.9. The first-order valence-corrected chi connectivity index (χ1v) is 11.4. The van der Waals surface area contributed by atoms with Crippen molar-refractivity contribution in [1.82, 2.24) is 10.6 Å². The fourth-order valence-corrected chi connectivity index (χ4v) is 4.27. The molecule has 0 saturated heterocycles. The van der Waals surface area contributed by atoms with Crippen molar-refractivity contribution in [2.75, 3.05) is 19.8 Å². The predicted molar refractivity (Wildman–Crippen MR) is 113 cm³/mol. The van der Waals surface area contributed by atoms with Gasteiger partial charge in [0.1, 0.15) is 0 Å². The van der Waals surface area contributed by atoms with Gasteiger partial charge in [0.25, 0.3) is 0 Å². The number of hydrogen-bond donors (Lipinski definition) is 4. The van der Waals surface area contributed by atoms with Crippen molar-refractivity contribution in [1.29, 1.82) is 0 Å². The maximum Gasteiger partial charge on any atom is 0.407 e. The number of hydrogen-bond acceptors (Lipinski definition) is 6. The van der Waals surface area contributed by atoms with Crippen LogP contribution in [0.3, 0.4) is 0 Å². The average molecular weight is 413 g/mol. The van der Waals surface area contributed by atoms with Gasteiger partial charge in [0, 0.05) is 17.6 Å². The molecule has 2 fully saturated rings. The molecular formula is C21H40N4O4. The van der Waals surface area contributed by atoms with Crippen LogP contribution in [0, 0.1) is 0 Å². The van der Waals surface area contributed by atoms with Gasteiger partial charge in [-0.15, -0.1) is 0 Å². The monoisotopic (exact) mass is 412 g/mol. The van der Waals surface area contributed by atoms with Gasteiger partial charge in [-0.1, -0.05) is 38.5 Å². The second-order valence-corrected chi connectivity index (χ2v) is 8.63. The second kappa shape index (κ2) is 12.9. The summed E-state index contributed by atoms with van der Waals surface area (Å²) in [4.78, 5) is 23.9. The van der Waals surface area contributed by atoms with Crippen LogP contribution in [-0.2, 0) is 9.47 Å². The van der Waals surface area contributed by atoms with Crippen LogP contribution in [0.1, 0.15) is 83.5 Å². The van der Waals surface area contributed by atoms with Crippen LogP contribution in [0.5, 0.6) is 0 Å². The van der Waals surface area contributed by atoms with E-state index < -0.39 is 5.54 Å². The first kappa shape index (κ1) is 23.7. The van der Waals surface area contributed by atoms with Crippen molar-refractivity contribution in [3.8, 4) is 0 Å². The molecule has 0 unspecified atom stereocenters. The summed E-state index contributed by atoms with van der Waals surface area (Å²) < 4.78 is 10.6. The molecule has 29 heavy (non-hydrogen) atoms. The maximum absolute atomic E-state index is 12.0. The molecular weight excluding hydrogens is 372 g/mol. The number of amides is 2. The Balaban J connectivity index is 1.63. The van der Waals surface area contributed by atoms with E-state index in [2.05, 4.69) is 10.6 Å². The van der Waals surface area contributed by atoms with E-state index in [4.69, 9.17) is 20.9 Å². The maximum atomic E-state index is 12.0. The highest BCUT2D eigenvalue weighted by Gasteiger charge is 2.26. The summed E-state index contributed by atoms with van der Waals surface area (Å²) in [5.41, 5.74) is 11.5. The Morgan fingerprint density at radius 3 is 1.55 bits per heavy atom. The van der Waals surface area contributed by atoms with Gasteiger partial charge < -0.3 is 31.6 Å². The van der Waals surface area contributed by atoms with Gasteiger partial charge in [-0.25, -0.2) is 9.59 Å². The lowest BCUT2D eigenvalue weighted by atomic mass is 9.89. The molecule has 0 spiro atoms. The summed E-state index contributed by atoms with van der Waals surface area (Å²) in [5.74, 6) is 0. The molecule has 2 saturated carbocycles. The zero-order chi connectivity index (χ0) is 21.0. The summed E-state index contributed by atoms with van der Waals surface area (Å²) >= 11 is 0. The third-order valence-electron chi connectivity index (χ3n) is 6.16. The summed E-state index contributed by atoms with van der Waals surface area (Å²) in [5, 5.41) is 5.86. The van der Waals surface area contributed by atoms with E-state index in [9.17, 15) is 9.59 Å². The lowest BCUT2D eigenvalue weighted by Crippen LogP contribution is -2.45. The van der Waals surface area contributed by atoms with E-state index in [1.54, 1.807) is 0 Å². The van der Waals surface area contributed by atoms with E-state index in [0.29, 0.717) is 25.8 Å². The van der Waals surface area contributed by atoms with Gasteiger partial charge in [-0.3, -0.25) is 0 Å². The first-order chi connectivity index (χ1) is 14.0. The minimum atomic E-state index is -0.620. The Morgan fingerprint density at radius 1 is 0.759 bits per heavy atom. The first-order valence-electron chi connectivity index (χ1n) is 11.4. The Bertz CT molecular complexity index is 453. The van der Waals surface area contributed by atoms with E-state index in [-0.39, 0.29) is 37.5 Å². The van der Waals surface area contributed by atoms with Crippen molar-refractivity contribution in [2.24, 2.45) is 11.5 Å². The molecule has 0 aromatic carbocycles. The van der Waals surface area contributed by atoms with Crippen molar-refractivity contribution in [3.05, 3.63) is 0 Å². The SMILES string of the molecule is NCCC(N)(CCOC(=O)NC1CCCCC1)CCOC(=O)NC1CCCCC1. The van der Waals surface area contributed by atoms with Crippen molar-refractivity contribution >= 4 is 12.2 Å². The molecule has 0 atom stereocenters. The molecule has 2 amide bonds. The molecule has 2 aliphatic rings. The molecule has 8 nitrogen and oxygen atoms in total. The highest BCUT2D eigenvalue weighted by molar-refractivity contribution is 5.67. The summed E-state index contributed by atoms with van der Waals surface area (Å²) in [6.45, 7) is 0.881. The number of rotatable bonds is 10.